The highest BCUT2D eigenvalue weighted by atomic mass is 35.5. The van der Waals surface area contributed by atoms with Gasteiger partial charge in [0.25, 0.3) is 0 Å². The van der Waals surface area contributed by atoms with Crippen LogP contribution in [0.2, 0.25) is 5.02 Å². The largest absolute Gasteiger partial charge is 0.493 e. The van der Waals surface area contributed by atoms with Crippen LogP contribution in [0.1, 0.15) is 12.5 Å². The normalized spacial score (nSPS) is 10.6. The highest BCUT2D eigenvalue weighted by Gasteiger charge is 1.98. The molecular weight excluding hydrogens is 260 g/mol. The van der Waals surface area contributed by atoms with E-state index in [2.05, 4.69) is 10.5 Å². The maximum atomic E-state index is 5.81. The van der Waals surface area contributed by atoms with Gasteiger partial charge in [0.05, 0.1) is 18.5 Å². The molecule has 0 aliphatic heterocycles. The predicted octanol–water partition coefficient (Wildman–Crippen LogP) is 4.18. The van der Waals surface area contributed by atoms with Crippen LogP contribution >= 0.6 is 11.6 Å². The first kappa shape index (κ1) is 13.4. The lowest BCUT2D eigenvalue weighted by Gasteiger charge is -2.06. The van der Waals surface area contributed by atoms with Crippen LogP contribution in [0.5, 0.6) is 5.75 Å². The van der Waals surface area contributed by atoms with Gasteiger partial charge >= 0.3 is 0 Å². The Labute approximate surface area is 117 Å². The minimum absolute atomic E-state index is 0.634. The van der Waals surface area contributed by atoms with Gasteiger partial charge in [-0.25, -0.2) is 0 Å². The summed E-state index contributed by atoms with van der Waals surface area (Å²) in [5.74, 6) is 0.826. The lowest BCUT2D eigenvalue weighted by Crippen LogP contribution is -1.97. The van der Waals surface area contributed by atoms with E-state index in [9.17, 15) is 0 Å². The molecule has 0 saturated carbocycles. The average Bonchev–Trinajstić information content (AvgIpc) is 2.43. The lowest BCUT2D eigenvalue weighted by atomic mass is 10.2. The van der Waals surface area contributed by atoms with Crippen molar-refractivity contribution in [2.24, 2.45) is 5.10 Å². The van der Waals surface area contributed by atoms with Crippen LogP contribution in [0, 0.1) is 0 Å². The molecule has 1 N–H and O–H groups in total. The summed E-state index contributed by atoms with van der Waals surface area (Å²) in [7, 11) is 0. The number of hydrogen-bond donors (Lipinski definition) is 1. The Morgan fingerprint density at radius 2 is 1.89 bits per heavy atom. The van der Waals surface area contributed by atoms with E-state index in [0.29, 0.717) is 11.6 Å². The Hall–Kier alpha value is -2.00. The van der Waals surface area contributed by atoms with Gasteiger partial charge in [-0.15, -0.1) is 0 Å². The maximum Gasteiger partial charge on any atom is 0.128 e. The van der Waals surface area contributed by atoms with Crippen LogP contribution < -0.4 is 10.2 Å². The van der Waals surface area contributed by atoms with Crippen molar-refractivity contribution >= 4 is 23.5 Å². The molecule has 0 aliphatic rings. The number of nitrogens with one attached hydrogen (secondary N) is 1. The van der Waals surface area contributed by atoms with Crippen molar-refractivity contribution in [2.45, 2.75) is 6.92 Å². The molecule has 0 atom stereocenters. The molecule has 0 unspecified atom stereocenters. The van der Waals surface area contributed by atoms with E-state index in [4.69, 9.17) is 16.3 Å². The van der Waals surface area contributed by atoms with Crippen molar-refractivity contribution in [1.82, 2.24) is 0 Å². The fourth-order valence-electron chi connectivity index (χ4n) is 1.57. The first-order valence-electron chi connectivity index (χ1n) is 6.06. The molecule has 2 aromatic rings. The molecule has 0 radical (unpaired) electrons. The Kier molecular flexibility index (Phi) is 4.81. The summed E-state index contributed by atoms with van der Waals surface area (Å²) in [6.07, 6.45) is 1.74. The zero-order valence-electron chi connectivity index (χ0n) is 10.6. The third-order valence-corrected chi connectivity index (χ3v) is 2.71. The van der Waals surface area contributed by atoms with E-state index >= 15 is 0 Å². The fourth-order valence-corrected chi connectivity index (χ4v) is 1.70. The van der Waals surface area contributed by atoms with Crippen molar-refractivity contribution < 1.29 is 4.74 Å². The molecule has 0 aromatic heterocycles. The summed E-state index contributed by atoms with van der Waals surface area (Å²) in [6.45, 7) is 2.59. The molecule has 0 fully saturated rings. The standard InChI is InChI=1S/C15H15ClN2O/c1-2-19-15-6-4-3-5-12(15)11-17-18-14-9-7-13(16)8-10-14/h3-11,18H,2H2,1H3/b17-11-. The van der Waals surface area contributed by atoms with Crippen molar-refractivity contribution in [3.63, 3.8) is 0 Å². The summed E-state index contributed by atoms with van der Waals surface area (Å²) in [6, 6.07) is 15.1. The Morgan fingerprint density at radius 1 is 1.16 bits per heavy atom. The van der Waals surface area contributed by atoms with E-state index in [1.807, 2.05) is 55.5 Å². The van der Waals surface area contributed by atoms with Crippen LogP contribution in [0.15, 0.2) is 53.6 Å². The van der Waals surface area contributed by atoms with Crippen LogP contribution in [-0.4, -0.2) is 12.8 Å². The molecule has 98 valence electrons. The van der Waals surface area contributed by atoms with Crippen LogP contribution in [0.3, 0.4) is 0 Å². The van der Waals surface area contributed by atoms with Crippen molar-refractivity contribution in [3.05, 3.63) is 59.1 Å². The number of hydrazone groups is 1. The summed E-state index contributed by atoms with van der Waals surface area (Å²) in [5, 5.41) is 4.89. The molecular formula is C15H15ClN2O. The number of nitrogens with zero attached hydrogens (tertiary/aromatic N) is 1. The fraction of sp³-hybridized carbons (Fsp3) is 0.133. The van der Waals surface area contributed by atoms with E-state index in [0.717, 1.165) is 17.0 Å². The molecule has 2 rings (SSSR count). The quantitative estimate of drug-likeness (QED) is 0.655. The summed E-state index contributed by atoms with van der Waals surface area (Å²) < 4.78 is 5.52. The van der Waals surface area contributed by atoms with Gasteiger partial charge in [-0.1, -0.05) is 23.7 Å². The molecule has 0 aliphatic carbocycles. The number of para-hydroxylation sites is 1. The van der Waals surface area contributed by atoms with Gasteiger partial charge in [0.15, 0.2) is 0 Å². The zero-order chi connectivity index (χ0) is 13.5. The number of benzene rings is 2. The molecule has 2 aromatic carbocycles. The smallest absolute Gasteiger partial charge is 0.128 e. The number of anilines is 1. The number of rotatable bonds is 5. The Morgan fingerprint density at radius 3 is 2.63 bits per heavy atom. The topological polar surface area (TPSA) is 33.6 Å². The van der Waals surface area contributed by atoms with Crippen LogP contribution in [0.4, 0.5) is 5.69 Å². The molecule has 0 bridgehead atoms. The first-order valence-corrected chi connectivity index (χ1v) is 6.44. The van der Waals surface area contributed by atoms with Crippen LogP contribution in [0.25, 0.3) is 0 Å². The minimum Gasteiger partial charge on any atom is -0.493 e. The summed E-state index contributed by atoms with van der Waals surface area (Å²) in [5.41, 5.74) is 4.76. The molecule has 0 heterocycles. The molecule has 19 heavy (non-hydrogen) atoms. The van der Waals surface area contributed by atoms with E-state index < -0.39 is 0 Å². The van der Waals surface area contributed by atoms with Gasteiger partial charge in [-0.3, -0.25) is 5.43 Å². The van der Waals surface area contributed by atoms with Crippen LogP contribution in [-0.2, 0) is 0 Å². The van der Waals surface area contributed by atoms with Crippen molar-refractivity contribution in [2.75, 3.05) is 12.0 Å². The van der Waals surface area contributed by atoms with E-state index in [1.165, 1.54) is 0 Å². The molecule has 0 saturated heterocycles. The van der Waals surface area contributed by atoms with Gasteiger partial charge < -0.3 is 4.74 Å². The van der Waals surface area contributed by atoms with Gasteiger partial charge in [-0.05, 0) is 43.3 Å². The predicted molar refractivity (Wildman–Crippen MR) is 80.3 cm³/mol. The second-order valence-corrected chi connectivity index (χ2v) is 4.28. The van der Waals surface area contributed by atoms with Gasteiger partial charge in [-0.2, -0.15) is 5.10 Å². The highest BCUT2D eigenvalue weighted by Crippen LogP contribution is 2.16. The zero-order valence-corrected chi connectivity index (χ0v) is 11.4. The van der Waals surface area contributed by atoms with E-state index in [-0.39, 0.29) is 0 Å². The average molecular weight is 275 g/mol. The van der Waals surface area contributed by atoms with E-state index in [1.54, 1.807) is 6.21 Å². The Bertz CT molecular complexity index is 552. The second-order valence-electron chi connectivity index (χ2n) is 3.85. The van der Waals surface area contributed by atoms with Crippen molar-refractivity contribution in [3.8, 4) is 5.75 Å². The molecule has 0 spiro atoms. The summed E-state index contributed by atoms with van der Waals surface area (Å²) in [4.78, 5) is 0. The lowest BCUT2D eigenvalue weighted by molar-refractivity contribution is 0.340. The monoisotopic (exact) mass is 274 g/mol. The Balaban J connectivity index is 2.04. The number of halogens is 1. The molecule has 3 nitrogen and oxygen atoms in total. The van der Waals surface area contributed by atoms with Gasteiger partial charge in [0, 0.05) is 10.6 Å². The SMILES string of the molecule is CCOc1ccccc1/C=N\Nc1ccc(Cl)cc1. The van der Waals surface area contributed by atoms with Gasteiger partial charge in [0.1, 0.15) is 5.75 Å². The van der Waals surface area contributed by atoms with Crippen molar-refractivity contribution in [1.29, 1.82) is 0 Å². The first-order chi connectivity index (χ1) is 9.29. The molecule has 4 heteroatoms. The molecule has 0 amide bonds. The number of ether oxygens (including phenoxy) is 1. The number of hydrogen-bond acceptors (Lipinski definition) is 3. The highest BCUT2D eigenvalue weighted by molar-refractivity contribution is 6.30. The third kappa shape index (κ3) is 4.00. The second kappa shape index (κ2) is 6.81. The minimum atomic E-state index is 0.634. The maximum absolute atomic E-state index is 5.81. The van der Waals surface area contributed by atoms with Gasteiger partial charge in [0.2, 0.25) is 0 Å². The summed E-state index contributed by atoms with van der Waals surface area (Å²) >= 11 is 5.81. The third-order valence-electron chi connectivity index (χ3n) is 2.46.